The SMILES string of the molecule is ON=c1cc(-c2cc3ncccc3cn2)oc2ccccc12. The lowest BCUT2D eigenvalue weighted by atomic mass is 10.1. The number of nitrogens with zero attached hydrogens (tertiary/aromatic N) is 3. The van der Waals surface area contributed by atoms with Crippen LogP contribution in [0.1, 0.15) is 0 Å². The Kier molecular flexibility index (Phi) is 2.83. The minimum atomic E-state index is 0.444. The molecule has 5 heteroatoms. The summed E-state index contributed by atoms with van der Waals surface area (Å²) in [4.78, 5) is 8.72. The molecule has 0 radical (unpaired) electrons. The number of hydrogen-bond acceptors (Lipinski definition) is 5. The van der Waals surface area contributed by atoms with Crippen LogP contribution in [0, 0.1) is 0 Å². The van der Waals surface area contributed by atoms with E-state index in [1.54, 1.807) is 18.5 Å². The molecule has 22 heavy (non-hydrogen) atoms. The lowest BCUT2D eigenvalue weighted by Gasteiger charge is -2.04. The minimum absolute atomic E-state index is 0.444. The molecule has 0 atom stereocenters. The van der Waals surface area contributed by atoms with Crippen molar-refractivity contribution in [1.29, 1.82) is 0 Å². The lowest BCUT2D eigenvalue weighted by Crippen LogP contribution is -2.03. The molecule has 0 aliphatic rings. The van der Waals surface area contributed by atoms with E-state index in [0.717, 1.165) is 16.3 Å². The summed E-state index contributed by atoms with van der Waals surface area (Å²) < 4.78 is 5.88. The molecule has 0 saturated heterocycles. The molecule has 0 bridgehead atoms. The number of hydrogen-bond donors (Lipinski definition) is 1. The first-order valence-electron chi connectivity index (χ1n) is 6.77. The van der Waals surface area contributed by atoms with Crippen molar-refractivity contribution < 1.29 is 9.62 Å². The van der Waals surface area contributed by atoms with Gasteiger partial charge >= 0.3 is 0 Å². The van der Waals surface area contributed by atoms with E-state index in [1.165, 1.54) is 0 Å². The van der Waals surface area contributed by atoms with Crippen molar-refractivity contribution in [2.75, 3.05) is 0 Å². The van der Waals surface area contributed by atoms with Crippen LogP contribution in [0.3, 0.4) is 0 Å². The van der Waals surface area contributed by atoms with Gasteiger partial charge in [0, 0.05) is 29.2 Å². The fourth-order valence-electron chi connectivity index (χ4n) is 2.43. The Morgan fingerprint density at radius 2 is 1.91 bits per heavy atom. The van der Waals surface area contributed by atoms with Gasteiger partial charge in [0.2, 0.25) is 0 Å². The second-order valence-electron chi connectivity index (χ2n) is 4.86. The summed E-state index contributed by atoms with van der Waals surface area (Å²) in [6.45, 7) is 0. The third kappa shape index (κ3) is 2.00. The topological polar surface area (TPSA) is 71.5 Å². The third-order valence-electron chi connectivity index (χ3n) is 3.50. The number of benzene rings is 1. The van der Waals surface area contributed by atoms with E-state index in [4.69, 9.17) is 4.42 Å². The van der Waals surface area contributed by atoms with Crippen molar-refractivity contribution in [2.45, 2.75) is 0 Å². The molecular formula is C17H11N3O2. The molecule has 0 saturated carbocycles. The maximum absolute atomic E-state index is 9.23. The van der Waals surface area contributed by atoms with Gasteiger partial charge in [-0.25, -0.2) is 0 Å². The average molecular weight is 289 g/mol. The van der Waals surface area contributed by atoms with Crippen LogP contribution in [0.5, 0.6) is 0 Å². The summed E-state index contributed by atoms with van der Waals surface area (Å²) in [6, 6.07) is 14.7. The first kappa shape index (κ1) is 12.5. The van der Waals surface area contributed by atoms with Gasteiger partial charge in [0.1, 0.15) is 16.6 Å². The van der Waals surface area contributed by atoms with E-state index >= 15 is 0 Å². The molecule has 5 nitrogen and oxygen atoms in total. The highest BCUT2D eigenvalue weighted by Gasteiger charge is 2.08. The molecular weight excluding hydrogens is 278 g/mol. The number of pyridine rings is 2. The van der Waals surface area contributed by atoms with Gasteiger partial charge in [-0.2, -0.15) is 0 Å². The predicted molar refractivity (Wildman–Crippen MR) is 82.1 cm³/mol. The van der Waals surface area contributed by atoms with E-state index < -0.39 is 0 Å². The fraction of sp³-hybridized carbons (Fsp3) is 0. The molecule has 0 amide bonds. The van der Waals surface area contributed by atoms with Gasteiger partial charge in [-0.3, -0.25) is 9.97 Å². The van der Waals surface area contributed by atoms with Crippen LogP contribution >= 0.6 is 0 Å². The summed E-state index contributed by atoms with van der Waals surface area (Å²) in [5.41, 5.74) is 2.11. The Labute approximate surface area is 125 Å². The highest BCUT2D eigenvalue weighted by Crippen LogP contribution is 2.22. The molecule has 3 heterocycles. The highest BCUT2D eigenvalue weighted by molar-refractivity contribution is 5.82. The first-order valence-corrected chi connectivity index (χ1v) is 6.77. The maximum atomic E-state index is 9.23. The summed E-state index contributed by atoms with van der Waals surface area (Å²) in [5.74, 6) is 0.527. The summed E-state index contributed by atoms with van der Waals surface area (Å²) in [6.07, 6.45) is 3.48. The van der Waals surface area contributed by atoms with Gasteiger partial charge in [0.15, 0.2) is 5.76 Å². The smallest absolute Gasteiger partial charge is 0.155 e. The quantitative estimate of drug-likeness (QED) is 0.431. The van der Waals surface area contributed by atoms with E-state index in [9.17, 15) is 5.21 Å². The Morgan fingerprint density at radius 3 is 2.82 bits per heavy atom. The van der Waals surface area contributed by atoms with Crippen molar-refractivity contribution in [3.05, 3.63) is 66.3 Å². The van der Waals surface area contributed by atoms with Gasteiger partial charge in [0.05, 0.1) is 5.52 Å². The summed E-state index contributed by atoms with van der Waals surface area (Å²) >= 11 is 0. The molecule has 0 aliphatic heterocycles. The summed E-state index contributed by atoms with van der Waals surface area (Å²) in [7, 11) is 0. The molecule has 1 aromatic carbocycles. The molecule has 3 aromatic heterocycles. The molecule has 106 valence electrons. The third-order valence-corrected chi connectivity index (χ3v) is 3.50. The number of aromatic nitrogens is 2. The standard InChI is InChI=1S/C17H11N3O2/c21-20-14-9-17(22-16-6-2-1-5-12(14)16)15-8-13-11(10-19-15)4-3-7-18-13/h1-10,21H. The monoisotopic (exact) mass is 289 g/mol. The molecule has 0 spiro atoms. The predicted octanol–water partition coefficient (Wildman–Crippen LogP) is 3.33. The van der Waals surface area contributed by atoms with Crippen molar-refractivity contribution in [3.63, 3.8) is 0 Å². The second-order valence-corrected chi connectivity index (χ2v) is 4.86. The fourth-order valence-corrected chi connectivity index (χ4v) is 2.43. The van der Waals surface area contributed by atoms with Crippen LogP contribution in [-0.2, 0) is 0 Å². The molecule has 1 N–H and O–H groups in total. The second kappa shape index (κ2) is 4.96. The van der Waals surface area contributed by atoms with Gasteiger partial charge in [-0.1, -0.05) is 17.3 Å². The normalized spacial score (nSPS) is 12.1. The van der Waals surface area contributed by atoms with Crippen molar-refractivity contribution in [1.82, 2.24) is 9.97 Å². The van der Waals surface area contributed by atoms with Crippen LogP contribution in [0.15, 0.2) is 70.5 Å². The van der Waals surface area contributed by atoms with E-state index in [-0.39, 0.29) is 0 Å². The Bertz CT molecular complexity index is 1050. The maximum Gasteiger partial charge on any atom is 0.155 e. The molecule has 0 fully saturated rings. The number of fused-ring (bicyclic) bond motifs is 2. The van der Waals surface area contributed by atoms with Crippen LogP contribution in [0.4, 0.5) is 0 Å². The molecule has 0 aliphatic carbocycles. The number of para-hydroxylation sites is 1. The average Bonchev–Trinajstić information content (AvgIpc) is 2.60. The Hall–Kier alpha value is -3.21. The van der Waals surface area contributed by atoms with Crippen LogP contribution in [0.25, 0.3) is 33.3 Å². The molecule has 4 aromatic rings. The van der Waals surface area contributed by atoms with E-state index in [2.05, 4.69) is 15.1 Å². The zero-order valence-electron chi connectivity index (χ0n) is 11.5. The molecule has 0 unspecified atom stereocenters. The van der Waals surface area contributed by atoms with Crippen molar-refractivity contribution in [2.24, 2.45) is 5.16 Å². The Balaban J connectivity index is 1.99. The highest BCUT2D eigenvalue weighted by atomic mass is 16.4. The summed E-state index contributed by atoms with van der Waals surface area (Å²) in [5, 5.41) is 14.7. The van der Waals surface area contributed by atoms with Crippen LogP contribution in [0.2, 0.25) is 0 Å². The first-order chi connectivity index (χ1) is 10.8. The minimum Gasteiger partial charge on any atom is -0.454 e. The zero-order valence-corrected chi connectivity index (χ0v) is 11.5. The van der Waals surface area contributed by atoms with Gasteiger partial charge in [0.25, 0.3) is 0 Å². The van der Waals surface area contributed by atoms with E-state index in [1.807, 2.05) is 42.5 Å². The van der Waals surface area contributed by atoms with Crippen molar-refractivity contribution in [3.8, 4) is 11.5 Å². The van der Waals surface area contributed by atoms with Crippen LogP contribution in [-0.4, -0.2) is 15.2 Å². The lowest BCUT2D eigenvalue weighted by molar-refractivity contribution is 0.302. The van der Waals surface area contributed by atoms with E-state index in [0.29, 0.717) is 22.4 Å². The van der Waals surface area contributed by atoms with Gasteiger partial charge in [-0.05, 0) is 30.3 Å². The van der Waals surface area contributed by atoms with Crippen LogP contribution < -0.4 is 5.36 Å². The number of rotatable bonds is 1. The van der Waals surface area contributed by atoms with Gasteiger partial charge < -0.3 is 9.62 Å². The van der Waals surface area contributed by atoms with Crippen molar-refractivity contribution >= 4 is 21.9 Å². The molecule has 4 rings (SSSR count). The zero-order chi connectivity index (χ0) is 14.9. The van der Waals surface area contributed by atoms with Gasteiger partial charge in [-0.15, -0.1) is 0 Å². The Morgan fingerprint density at radius 1 is 1.00 bits per heavy atom. The largest absolute Gasteiger partial charge is 0.454 e.